The van der Waals surface area contributed by atoms with Gasteiger partial charge in [0.05, 0.1) is 11.0 Å². The lowest BCUT2D eigenvalue weighted by Gasteiger charge is -1.96. The largest absolute Gasteiger partial charge is 0.384 e. The molecule has 0 aliphatic rings. The molecule has 0 aliphatic carbocycles. The summed E-state index contributed by atoms with van der Waals surface area (Å²) in [5.41, 5.74) is 6.84. The molecule has 0 radical (unpaired) electrons. The maximum Gasteiger partial charge on any atom is 0.161 e. The Morgan fingerprint density at radius 1 is 1.06 bits per heavy atom. The normalized spacial score (nSPS) is 11.0. The fraction of sp³-hybridized carbons (Fsp3) is 0. The van der Waals surface area contributed by atoms with E-state index in [0.29, 0.717) is 28.4 Å². The molecule has 0 saturated heterocycles. The number of nitrogens with two attached hydrogens (primary N) is 1. The van der Waals surface area contributed by atoms with Gasteiger partial charge in [-0.2, -0.15) is 0 Å². The molecule has 0 bridgehead atoms. The van der Waals surface area contributed by atoms with Crippen LogP contribution in [0.25, 0.3) is 22.6 Å². The number of halogens is 2. The van der Waals surface area contributed by atoms with Gasteiger partial charge in [-0.3, -0.25) is 0 Å². The van der Waals surface area contributed by atoms with Crippen molar-refractivity contribution in [3.8, 4) is 11.5 Å². The molecule has 0 atom stereocenters. The number of nitrogens with one attached hydrogen (secondary N) is 1. The highest BCUT2D eigenvalue weighted by atomic mass is 19.2. The van der Waals surface area contributed by atoms with E-state index in [1.54, 1.807) is 18.2 Å². The Bertz CT molecular complexity index is 697. The summed E-state index contributed by atoms with van der Waals surface area (Å²) in [5, 5.41) is 0. The van der Waals surface area contributed by atoms with Crippen molar-refractivity contribution in [2.75, 3.05) is 5.73 Å². The third-order valence-electron chi connectivity index (χ3n) is 2.54. The van der Waals surface area contributed by atoms with Gasteiger partial charge in [0.25, 0.3) is 0 Å². The first-order valence-electron chi connectivity index (χ1n) is 5.21. The fourth-order valence-electron chi connectivity index (χ4n) is 1.71. The minimum Gasteiger partial charge on any atom is -0.384 e. The number of aromatic amines is 1. The van der Waals surface area contributed by atoms with E-state index in [1.165, 1.54) is 0 Å². The lowest BCUT2D eigenvalue weighted by Crippen LogP contribution is -1.92. The zero-order chi connectivity index (χ0) is 12.7. The van der Waals surface area contributed by atoms with E-state index in [0.717, 1.165) is 12.1 Å². The molecule has 0 aliphatic heterocycles. The van der Waals surface area contributed by atoms with Gasteiger partial charge < -0.3 is 10.7 Å². The molecule has 0 amide bonds. The van der Waals surface area contributed by atoms with Crippen LogP contribution in [0, 0.1) is 11.6 Å². The summed E-state index contributed by atoms with van der Waals surface area (Å²) < 4.78 is 26.1. The molecule has 3 N–H and O–H groups in total. The molecule has 0 saturated carbocycles. The van der Waals surface area contributed by atoms with Crippen LogP contribution in [0.3, 0.4) is 0 Å². The quantitative estimate of drug-likeness (QED) is 0.693. The molecular weight excluding hydrogens is 238 g/mol. The lowest BCUT2D eigenvalue weighted by atomic mass is 10.3. The van der Waals surface area contributed by atoms with Crippen molar-refractivity contribution in [1.29, 1.82) is 0 Å². The van der Waals surface area contributed by atoms with E-state index in [2.05, 4.69) is 15.0 Å². The predicted molar refractivity (Wildman–Crippen MR) is 63.7 cm³/mol. The van der Waals surface area contributed by atoms with Gasteiger partial charge in [-0.15, -0.1) is 0 Å². The highest BCUT2D eigenvalue weighted by Crippen LogP contribution is 2.21. The molecule has 4 nitrogen and oxygen atoms in total. The lowest BCUT2D eigenvalue weighted by molar-refractivity contribution is 0.510. The number of imidazole rings is 1. The second kappa shape index (κ2) is 3.76. The molecule has 3 rings (SSSR count). The number of fused-ring (bicyclic) bond motifs is 1. The summed E-state index contributed by atoms with van der Waals surface area (Å²) in [5.74, 6) is -1.08. The van der Waals surface area contributed by atoms with Gasteiger partial charge in [0.2, 0.25) is 0 Å². The Hall–Kier alpha value is -2.50. The van der Waals surface area contributed by atoms with Crippen LogP contribution in [0.2, 0.25) is 0 Å². The molecule has 3 aromatic rings. The van der Waals surface area contributed by atoms with Gasteiger partial charge in [0.1, 0.15) is 11.5 Å². The smallest absolute Gasteiger partial charge is 0.161 e. The van der Waals surface area contributed by atoms with Crippen molar-refractivity contribution in [3.63, 3.8) is 0 Å². The second-order valence-electron chi connectivity index (χ2n) is 3.82. The Labute approximate surface area is 100 Å². The van der Waals surface area contributed by atoms with Gasteiger partial charge in [-0.25, -0.2) is 18.7 Å². The zero-order valence-electron chi connectivity index (χ0n) is 9.11. The standard InChI is InChI=1S/C12H8F2N4/c13-6-4-9-10(5-7(6)14)18-12(17-9)8-2-1-3-11(15)16-8/h1-5H,(H2,15,16)(H,17,18). The Balaban J connectivity index is 2.19. The minimum absolute atomic E-state index is 0.341. The molecule has 1 aromatic carbocycles. The number of nitrogens with zero attached hydrogens (tertiary/aromatic N) is 2. The van der Waals surface area contributed by atoms with E-state index in [9.17, 15) is 8.78 Å². The number of rotatable bonds is 1. The number of aromatic nitrogens is 3. The summed E-state index contributed by atoms with van der Waals surface area (Å²) in [6, 6.07) is 7.18. The van der Waals surface area contributed by atoms with Gasteiger partial charge in [-0.1, -0.05) is 6.07 Å². The van der Waals surface area contributed by atoms with E-state index in [-0.39, 0.29) is 0 Å². The first-order chi connectivity index (χ1) is 8.63. The molecule has 0 unspecified atom stereocenters. The first-order valence-corrected chi connectivity index (χ1v) is 5.21. The third-order valence-corrected chi connectivity index (χ3v) is 2.54. The topological polar surface area (TPSA) is 67.6 Å². The molecule has 2 aromatic heterocycles. The van der Waals surface area contributed by atoms with Crippen molar-refractivity contribution in [3.05, 3.63) is 42.0 Å². The van der Waals surface area contributed by atoms with Crippen molar-refractivity contribution >= 4 is 16.9 Å². The summed E-state index contributed by atoms with van der Waals surface area (Å²) in [6.07, 6.45) is 0. The van der Waals surface area contributed by atoms with E-state index >= 15 is 0 Å². The number of anilines is 1. The number of nitrogen functional groups attached to an aromatic ring is 1. The second-order valence-corrected chi connectivity index (χ2v) is 3.82. The summed E-state index contributed by atoms with van der Waals surface area (Å²) in [7, 11) is 0. The number of H-pyrrole nitrogens is 1. The molecule has 6 heteroatoms. The van der Waals surface area contributed by atoms with Crippen molar-refractivity contribution < 1.29 is 8.78 Å². The minimum atomic E-state index is -0.930. The Morgan fingerprint density at radius 3 is 2.61 bits per heavy atom. The summed E-state index contributed by atoms with van der Waals surface area (Å²) >= 11 is 0. The van der Waals surface area contributed by atoms with Crippen LogP contribution < -0.4 is 5.73 Å². The Morgan fingerprint density at radius 2 is 1.83 bits per heavy atom. The number of benzene rings is 1. The number of hydrogen-bond donors (Lipinski definition) is 2. The van der Waals surface area contributed by atoms with Crippen LogP contribution in [0.15, 0.2) is 30.3 Å². The van der Waals surface area contributed by atoms with Crippen molar-refractivity contribution in [2.45, 2.75) is 0 Å². The van der Waals surface area contributed by atoms with Crippen molar-refractivity contribution in [2.24, 2.45) is 0 Å². The molecule has 90 valence electrons. The maximum absolute atomic E-state index is 13.1. The number of pyridine rings is 1. The highest BCUT2D eigenvalue weighted by molar-refractivity contribution is 5.79. The maximum atomic E-state index is 13.1. The van der Waals surface area contributed by atoms with Gasteiger partial charge in [0, 0.05) is 12.1 Å². The van der Waals surface area contributed by atoms with Gasteiger partial charge in [0.15, 0.2) is 17.5 Å². The van der Waals surface area contributed by atoms with Crippen LogP contribution in [0.1, 0.15) is 0 Å². The third kappa shape index (κ3) is 1.67. The zero-order valence-corrected chi connectivity index (χ0v) is 9.11. The van der Waals surface area contributed by atoms with Crippen molar-refractivity contribution in [1.82, 2.24) is 15.0 Å². The van der Waals surface area contributed by atoms with Gasteiger partial charge >= 0.3 is 0 Å². The fourth-order valence-corrected chi connectivity index (χ4v) is 1.71. The molecular formula is C12H8F2N4. The first kappa shape index (κ1) is 10.6. The molecule has 2 heterocycles. The SMILES string of the molecule is Nc1cccc(-c2nc3cc(F)c(F)cc3[nH]2)n1. The average Bonchev–Trinajstić information content (AvgIpc) is 2.73. The van der Waals surface area contributed by atoms with E-state index in [4.69, 9.17) is 5.73 Å². The molecule has 0 fully saturated rings. The highest BCUT2D eigenvalue weighted by Gasteiger charge is 2.10. The molecule has 0 spiro atoms. The summed E-state index contributed by atoms with van der Waals surface area (Å²) in [4.78, 5) is 11.1. The number of hydrogen-bond acceptors (Lipinski definition) is 3. The summed E-state index contributed by atoms with van der Waals surface area (Å²) in [6.45, 7) is 0. The van der Waals surface area contributed by atoms with Crippen LogP contribution in [-0.2, 0) is 0 Å². The Kier molecular flexibility index (Phi) is 2.22. The molecule has 18 heavy (non-hydrogen) atoms. The van der Waals surface area contributed by atoms with E-state index < -0.39 is 11.6 Å². The van der Waals surface area contributed by atoms with Crippen LogP contribution in [0.5, 0.6) is 0 Å². The monoisotopic (exact) mass is 246 g/mol. The van der Waals surface area contributed by atoms with Crippen LogP contribution >= 0.6 is 0 Å². The van der Waals surface area contributed by atoms with Crippen LogP contribution in [0.4, 0.5) is 14.6 Å². The van der Waals surface area contributed by atoms with Gasteiger partial charge in [-0.05, 0) is 12.1 Å². The van der Waals surface area contributed by atoms with Crippen LogP contribution in [-0.4, -0.2) is 15.0 Å². The average molecular weight is 246 g/mol. The van der Waals surface area contributed by atoms with E-state index in [1.807, 2.05) is 0 Å². The predicted octanol–water partition coefficient (Wildman–Crippen LogP) is 2.49.